The van der Waals surface area contributed by atoms with Crippen LogP contribution in [-0.2, 0) is 26.7 Å². The van der Waals surface area contributed by atoms with Crippen molar-refractivity contribution in [3.05, 3.63) is 35.4 Å². The molecule has 0 aromatic heterocycles. The summed E-state index contributed by atoms with van der Waals surface area (Å²) in [4.78, 5) is 13.7. The van der Waals surface area contributed by atoms with Gasteiger partial charge in [-0.05, 0) is 11.6 Å². The van der Waals surface area contributed by atoms with E-state index in [9.17, 15) is 26.4 Å². The van der Waals surface area contributed by atoms with Crippen LogP contribution < -0.4 is 5.32 Å². The predicted octanol–water partition coefficient (Wildman–Crippen LogP) is 0.899. The van der Waals surface area contributed by atoms with Crippen LogP contribution in [0.5, 0.6) is 0 Å². The molecule has 1 saturated heterocycles. The molecular formula is C15H20F3N3O3S. The van der Waals surface area contributed by atoms with Gasteiger partial charge in [0.15, 0.2) is 0 Å². The monoisotopic (exact) mass is 379 g/mol. The summed E-state index contributed by atoms with van der Waals surface area (Å²) in [5, 5.41) is 3.07. The van der Waals surface area contributed by atoms with Crippen LogP contribution in [-0.4, -0.2) is 63.3 Å². The van der Waals surface area contributed by atoms with Crippen LogP contribution in [0, 0.1) is 0 Å². The van der Waals surface area contributed by atoms with Gasteiger partial charge >= 0.3 is 6.18 Å². The highest BCUT2D eigenvalue weighted by Gasteiger charge is 2.35. The minimum Gasteiger partial charge on any atom is -0.339 e. The quantitative estimate of drug-likeness (QED) is 0.825. The number of carbonyl (C=O) groups excluding carboxylic acids is 1. The fraction of sp³-hybridized carbons (Fsp3) is 0.533. The second-order valence-electron chi connectivity index (χ2n) is 5.80. The van der Waals surface area contributed by atoms with Crippen LogP contribution >= 0.6 is 0 Å². The number of halogens is 3. The maximum absolute atomic E-state index is 13.0. The molecule has 10 heteroatoms. The number of hydrogen-bond donors (Lipinski definition) is 1. The Bertz CT molecular complexity index is 716. The number of hydrogen-bond acceptors (Lipinski definition) is 4. The lowest BCUT2D eigenvalue weighted by atomic mass is 10.1. The summed E-state index contributed by atoms with van der Waals surface area (Å²) in [5.74, 6) is -1.18. The maximum Gasteiger partial charge on any atom is 0.416 e. The lowest BCUT2D eigenvalue weighted by Gasteiger charge is -2.29. The van der Waals surface area contributed by atoms with Crippen molar-refractivity contribution in [2.75, 3.05) is 39.8 Å². The van der Waals surface area contributed by atoms with Gasteiger partial charge in [-0.1, -0.05) is 18.2 Å². The number of likely N-dealkylation sites (N-methyl/N-ethyl adjacent to an activating group) is 1. The van der Waals surface area contributed by atoms with E-state index in [1.807, 2.05) is 0 Å². The van der Waals surface area contributed by atoms with Crippen LogP contribution in [0.3, 0.4) is 0 Å². The van der Waals surface area contributed by atoms with Crippen molar-refractivity contribution in [2.24, 2.45) is 0 Å². The van der Waals surface area contributed by atoms with E-state index in [-0.39, 0.29) is 11.5 Å². The summed E-state index contributed by atoms with van der Waals surface area (Å²) in [6, 6.07) is 4.53. The highest BCUT2D eigenvalue weighted by atomic mass is 32.2. The Morgan fingerprint density at radius 3 is 2.44 bits per heavy atom. The number of piperazine rings is 1. The summed E-state index contributed by atoms with van der Waals surface area (Å²) in [6.07, 6.45) is -4.64. The van der Waals surface area contributed by atoms with Crippen molar-refractivity contribution < 1.29 is 26.4 Å². The summed E-state index contributed by atoms with van der Waals surface area (Å²) >= 11 is 0. The zero-order valence-electron chi connectivity index (χ0n) is 13.7. The minimum atomic E-state index is -4.64. The topological polar surface area (TPSA) is 69.7 Å². The summed E-state index contributed by atoms with van der Waals surface area (Å²) in [6.45, 7) is 1.81. The van der Waals surface area contributed by atoms with Crippen molar-refractivity contribution in [1.29, 1.82) is 0 Å². The Morgan fingerprint density at radius 1 is 1.24 bits per heavy atom. The van der Waals surface area contributed by atoms with E-state index < -0.39 is 34.1 Å². The van der Waals surface area contributed by atoms with Gasteiger partial charge in [-0.3, -0.25) is 4.79 Å². The van der Waals surface area contributed by atoms with Gasteiger partial charge in [0, 0.05) is 33.2 Å². The summed E-state index contributed by atoms with van der Waals surface area (Å²) in [7, 11) is -2.86. The van der Waals surface area contributed by atoms with E-state index in [0.29, 0.717) is 26.2 Å². The number of rotatable bonds is 5. The van der Waals surface area contributed by atoms with Crippen molar-refractivity contribution in [3.8, 4) is 0 Å². The number of alkyl halides is 3. The molecule has 1 heterocycles. The molecule has 2 rings (SSSR count). The largest absolute Gasteiger partial charge is 0.416 e. The molecule has 0 atom stereocenters. The van der Waals surface area contributed by atoms with Crippen molar-refractivity contribution in [2.45, 2.75) is 11.9 Å². The molecular weight excluding hydrogens is 359 g/mol. The molecule has 1 N–H and O–H groups in total. The second kappa shape index (κ2) is 7.71. The van der Waals surface area contributed by atoms with Crippen molar-refractivity contribution >= 4 is 15.9 Å². The van der Waals surface area contributed by atoms with Gasteiger partial charge in [-0.2, -0.15) is 17.5 Å². The molecule has 1 amide bonds. The average molecular weight is 379 g/mol. The number of benzene rings is 1. The smallest absolute Gasteiger partial charge is 0.339 e. The molecule has 1 aromatic rings. The van der Waals surface area contributed by atoms with Crippen LogP contribution in [0.15, 0.2) is 24.3 Å². The van der Waals surface area contributed by atoms with Gasteiger partial charge in [-0.25, -0.2) is 8.42 Å². The zero-order valence-corrected chi connectivity index (χ0v) is 14.5. The normalized spacial score (nSPS) is 16.3. The molecule has 0 bridgehead atoms. The molecule has 0 saturated carbocycles. The van der Waals surface area contributed by atoms with E-state index in [1.165, 1.54) is 24.1 Å². The van der Waals surface area contributed by atoms with Gasteiger partial charge in [0.2, 0.25) is 15.9 Å². The molecule has 0 spiro atoms. The van der Waals surface area contributed by atoms with Gasteiger partial charge in [-0.15, -0.1) is 0 Å². The SMILES string of the molecule is CN(CC(=O)N1CCNCC1)S(=O)(=O)Cc1ccccc1C(F)(F)F. The molecule has 1 aliphatic heterocycles. The maximum atomic E-state index is 13.0. The highest BCUT2D eigenvalue weighted by molar-refractivity contribution is 7.88. The standard InChI is InChI=1S/C15H20F3N3O3S/c1-20(10-14(22)21-8-6-19-7-9-21)25(23,24)11-12-4-2-3-5-13(12)15(16,17)18/h2-5,19H,6-11H2,1H3. The van der Waals surface area contributed by atoms with E-state index in [1.54, 1.807) is 0 Å². The van der Waals surface area contributed by atoms with E-state index in [4.69, 9.17) is 0 Å². The van der Waals surface area contributed by atoms with Gasteiger partial charge < -0.3 is 10.2 Å². The number of nitrogens with one attached hydrogen (secondary N) is 1. The van der Waals surface area contributed by atoms with Gasteiger partial charge in [0.25, 0.3) is 0 Å². The highest BCUT2D eigenvalue weighted by Crippen LogP contribution is 2.32. The fourth-order valence-corrected chi connectivity index (χ4v) is 3.70. The molecule has 1 fully saturated rings. The van der Waals surface area contributed by atoms with E-state index in [2.05, 4.69) is 5.32 Å². The number of amides is 1. The fourth-order valence-electron chi connectivity index (χ4n) is 2.53. The first-order valence-corrected chi connectivity index (χ1v) is 9.30. The molecule has 6 nitrogen and oxygen atoms in total. The summed E-state index contributed by atoms with van der Waals surface area (Å²) < 4.78 is 64.6. The molecule has 0 unspecified atom stereocenters. The van der Waals surface area contributed by atoms with E-state index >= 15 is 0 Å². The second-order valence-corrected chi connectivity index (χ2v) is 7.87. The van der Waals surface area contributed by atoms with Crippen LogP contribution in [0.25, 0.3) is 0 Å². The van der Waals surface area contributed by atoms with Gasteiger partial charge in [0.1, 0.15) is 0 Å². The predicted molar refractivity (Wildman–Crippen MR) is 86.1 cm³/mol. The molecule has 1 aliphatic rings. The number of nitrogens with zero attached hydrogens (tertiary/aromatic N) is 2. The summed E-state index contributed by atoms with van der Waals surface area (Å²) in [5.41, 5.74) is -1.32. The zero-order chi connectivity index (χ0) is 18.7. The van der Waals surface area contributed by atoms with Crippen molar-refractivity contribution in [1.82, 2.24) is 14.5 Å². The Kier molecular flexibility index (Phi) is 6.07. The third-order valence-electron chi connectivity index (χ3n) is 3.96. The van der Waals surface area contributed by atoms with Crippen LogP contribution in [0.2, 0.25) is 0 Å². The number of carbonyl (C=O) groups is 1. The Morgan fingerprint density at radius 2 is 1.84 bits per heavy atom. The molecule has 25 heavy (non-hydrogen) atoms. The molecule has 1 aromatic carbocycles. The lowest BCUT2D eigenvalue weighted by Crippen LogP contribution is -2.49. The first kappa shape index (κ1) is 19.7. The Balaban J connectivity index is 2.10. The van der Waals surface area contributed by atoms with E-state index in [0.717, 1.165) is 16.4 Å². The Hall–Kier alpha value is -1.65. The van der Waals surface area contributed by atoms with Gasteiger partial charge in [0.05, 0.1) is 17.9 Å². The molecule has 140 valence electrons. The first-order chi connectivity index (χ1) is 11.6. The first-order valence-electron chi connectivity index (χ1n) is 7.69. The van der Waals surface area contributed by atoms with Crippen molar-refractivity contribution in [3.63, 3.8) is 0 Å². The molecule has 0 aliphatic carbocycles. The molecule has 0 radical (unpaired) electrons. The van der Waals surface area contributed by atoms with Crippen LogP contribution in [0.4, 0.5) is 13.2 Å². The third kappa shape index (κ3) is 5.16. The van der Waals surface area contributed by atoms with Crippen LogP contribution in [0.1, 0.15) is 11.1 Å². The average Bonchev–Trinajstić information content (AvgIpc) is 2.54. The lowest BCUT2D eigenvalue weighted by molar-refractivity contribution is -0.138. The number of sulfonamides is 1. The Labute approximate surface area is 144 Å². The third-order valence-corrected chi connectivity index (χ3v) is 5.72. The minimum absolute atomic E-state index is 0.337.